The summed E-state index contributed by atoms with van der Waals surface area (Å²) in [5, 5.41) is 0. The zero-order valence-electron chi connectivity index (χ0n) is 14.7. The van der Waals surface area contributed by atoms with E-state index >= 15 is 0 Å². The largest absolute Gasteiger partial charge is 0.392 e. The molecule has 4 aliphatic rings. The molecule has 2 saturated carbocycles. The summed E-state index contributed by atoms with van der Waals surface area (Å²) < 4.78 is 5.48. The predicted octanol–water partition coefficient (Wildman–Crippen LogP) is 4.37. The number of carbonyl (C=O) groups excluding carboxylic acids is 2. The van der Waals surface area contributed by atoms with Gasteiger partial charge in [-0.25, -0.2) is 0 Å². The molecule has 0 radical (unpaired) electrons. The second-order valence-corrected chi connectivity index (χ2v) is 8.42. The Kier molecular flexibility index (Phi) is 3.86. The van der Waals surface area contributed by atoms with Crippen LogP contribution >= 0.6 is 0 Å². The zero-order valence-corrected chi connectivity index (χ0v) is 14.7. The number of esters is 2. The lowest BCUT2D eigenvalue weighted by molar-refractivity contribution is -0.170. The molecule has 0 amide bonds. The smallest absolute Gasteiger partial charge is 0.323 e. The van der Waals surface area contributed by atoms with Gasteiger partial charge in [0.05, 0.1) is 10.8 Å². The summed E-state index contributed by atoms with van der Waals surface area (Å²) in [5.74, 6) is 1.03. The summed E-state index contributed by atoms with van der Waals surface area (Å²) >= 11 is 0. The Bertz CT molecular complexity index is 629. The lowest BCUT2D eigenvalue weighted by atomic mass is 9.82. The van der Waals surface area contributed by atoms with Crippen LogP contribution in [-0.2, 0) is 14.3 Å². The topological polar surface area (TPSA) is 43.4 Å². The van der Waals surface area contributed by atoms with Crippen LogP contribution in [0.5, 0.6) is 0 Å². The van der Waals surface area contributed by atoms with Crippen LogP contribution in [0.4, 0.5) is 0 Å². The minimum absolute atomic E-state index is 0.346. The first-order chi connectivity index (χ1) is 12.0. The SMILES string of the molecule is C=CCC1CC2(C(=O)OC(=O)C34C=CC(C3)C(CC=C)C4)C=CC1C2. The van der Waals surface area contributed by atoms with Gasteiger partial charge >= 0.3 is 11.9 Å². The first-order valence-electron chi connectivity index (χ1n) is 9.39. The van der Waals surface area contributed by atoms with E-state index in [0.717, 1.165) is 38.5 Å². The van der Waals surface area contributed by atoms with Crippen molar-refractivity contribution in [2.24, 2.45) is 34.5 Å². The molecule has 25 heavy (non-hydrogen) atoms. The van der Waals surface area contributed by atoms with E-state index in [1.165, 1.54) is 0 Å². The lowest BCUT2D eigenvalue weighted by Crippen LogP contribution is -2.36. The maximum absolute atomic E-state index is 12.9. The van der Waals surface area contributed by atoms with Gasteiger partial charge in [-0.3, -0.25) is 9.59 Å². The molecule has 0 saturated heterocycles. The maximum atomic E-state index is 12.9. The van der Waals surface area contributed by atoms with Crippen LogP contribution < -0.4 is 0 Å². The van der Waals surface area contributed by atoms with E-state index in [1.54, 1.807) is 0 Å². The maximum Gasteiger partial charge on any atom is 0.323 e. The third-order valence-electron chi connectivity index (χ3n) is 6.93. The zero-order chi connectivity index (χ0) is 17.7. The van der Waals surface area contributed by atoms with Crippen LogP contribution in [0.3, 0.4) is 0 Å². The van der Waals surface area contributed by atoms with Crippen LogP contribution in [0, 0.1) is 34.5 Å². The number of ether oxygens (including phenoxy) is 1. The Balaban J connectivity index is 1.45. The standard InChI is InChI=1S/C22H26O3/c1-3-5-15-11-21(9-7-17(15)13-21)19(23)25-20(24)22-10-8-18(14-22)16(12-22)6-4-2/h3-4,7-10,15-18H,1-2,5-6,11-14H2. The highest BCUT2D eigenvalue weighted by Gasteiger charge is 2.56. The summed E-state index contributed by atoms with van der Waals surface area (Å²) in [6.45, 7) is 7.63. The molecule has 4 bridgehead atoms. The molecule has 0 spiro atoms. The van der Waals surface area contributed by atoms with Crippen LogP contribution in [0.25, 0.3) is 0 Å². The molecule has 0 aliphatic heterocycles. The molecule has 2 fully saturated rings. The van der Waals surface area contributed by atoms with Crippen LogP contribution in [0.1, 0.15) is 38.5 Å². The average Bonchev–Trinajstić information content (AvgIpc) is 3.34. The van der Waals surface area contributed by atoms with Crippen molar-refractivity contribution in [3.05, 3.63) is 49.6 Å². The van der Waals surface area contributed by atoms with E-state index in [4.69, 9.17) is 4.74 Å². The number of fused-ring (bicyclic) bond motifs is 4. The minimum Gasteiger partial charge on any atom is -0.392 e. The van der Waals surface area contributed by atoms with Crippen molar-refractivity contribution >= 4 is 11.9 Å². The van der Waals surface area contributed by atoms with Crippen LogP contribution in [0.2, 0.25) is 0 Å². The van der Waals surface area contributed by atoms with E-state index in [2.05, 4.69) is 25.3 Å². The highest BCUT2D eigenvalue weighted by atomic mass is 16.6. The second kappa shape index (κ2) is 5.82. The molecule has 0 aromatic carbocycles. The van der Waals surface area contributed by atoms with E-state index in [0.29, 0.717) is 23.7 Å². The normalized spacial score (nSPS) is 42.7. The van der Waals surface area contributed by atoms with E-state index in [-0.39, 0.29) is 11.9 Å². The van der Waals surface area contributed by atoms with Crippen molar-refractivity contribution in [2.75, 3.05) is 0 Å². The van der Waals surface area contributed by atoms with Crippen LogP contribution in [-0.4, -0.2) is 11.9 Å². The molecule has 4 aliphatic carbocycles. The van der Waals surface area contributed by atoms with Crippen LogP contribution in [0.15, 0.2) is 49.6 Å². The molecule has 0 N–H and O–H groups in total. The molecule has 0 aromatic rings. The van der Waals surface area contributed by atoms with Gasteiger partial charge in [-0.05, 0) is 62.2 Å². The Morgan fingerprint density at radius 1 is 0.880 bits per heavy atom. The predicted molar refractivity (Wildman–Crippen MR) is 96.3 cm³/mol. The second-order valence-electron chi connectivity index (χ2n) is 8.42. The monoisotopic (exact) mass is 338 g/mol. The first-order valence-corrected chi connectivity index (χ1v) is 9.39. The third kappa shape index (κ3) is 2.47. The molecule has 4 rings (SSSR count). The van der Waals surface area contributed by atoms with Gasteiger partial charge in [-0.1, -0.05) is 36.5 Å². The quantitative estimate of drug-likeness (QED) is 0.410. The molecule has 6 unspecified atom stereocenters. The molecule has 0 heterocycles. The number of hydrogen-bond donors (Lipinski definition) is 0. The van der Waals surface area contributed by atoms with Crippen molar-refractivity contribution in [2.45, 2.75) is 38.5 Å². The molecule has 132 valence electrons. The highest BCUT2D eigenvalue weighted by molar-refractivity contribution is 5.94. The van der Waals surface area contributed by atoms with Crippen molar-refractivity contribution in [1.29, 1.82) is 0 Å². The summed E-state index contributed by atoms with van der Waals surface area (Å²) in [7, 11) is 0. The Morgan fingerprint density at radius 2 is 1.32 bits per heavy atom. The fourth-order valence-corrected chi connectivity index (χ4v) is 5.62. The number of allylic oxidation sites excluding steroid dienone is 4. The lowest BCUT2D eigenvalue weighted by Gasteiger charge is -2.27. The van der Waals surface area contributed by atoms with Gasteiger partial charge < -0.3 is 4.74 Å². The van der Waals surface area contributed by atoms with Gasteiger partial charge in [0.2, 0.25) is 0 Å². The minimum atomic E-state index is -0.592. The van der Waals surface area contributed by atoms with Gasteiger partial charge in [0, 0.05) is 0 Å². The molecular weight excluding hydrogens is 312 g/mol. The van der Waals surface area contributed by atoms with Gasteiger partial charge in [-0.15, -0.1) is 13.2 Å². The number of rotatable bonds is 6. The molecule has 0 aromatic heterocycles. The Morgan fingerprint density at radius 3 is 1.72 bits per heavy atom. The summed E-state index contributed by atoms with van der Waals surface area (Å²) in [6, 6.07) is 0. The number of hydrogen-bond acceptors (Lipinski definition) is 3. The van der Waals surface area contributed by atoms with Crippen molar-refractivity contribution in [1.82, 2.24) is 0 Å². The average molecular weight is 338 g/mol. The van der Waals surface area contributed by atoms with Gasteiger partial charge in [0.1, 0.15) is 0 Å². The summed E-state index contributed by atoms with van der Waals surface area (Å²) in [4.78, 5) is 25.7. The van der Waals surface area contributed by atoms with Crippen molar-refractivity contribution in [3.8, 4) is 0 Å². The van der Waals surface area contributed by atoms with E-state index in [1.807, 2.05) is 24.3 Å². The van der Waals surface area contributed by atoms with E-state index in [9.17, 15) is 9.59 Å². The fraction of sp³-hybridized carbons (Fsp3) is 0.545. The molecule has 3 heteroatoms. The van der Waals surface area contributed by atoms with Gasteiger partial charge in [-0.2, -0.15) is 0 Å². The summed E-state index contributed by atoms with van der Waals surface area (Å²) in [6.07, 6.45) is 17.0. The number of carbonyl (C=O) groups is 2. The van der Waals surface area contributed by atoms with Gasteiger partial charge in [0.25, 0.3) is 0 Å². The van der Waals surface area contributed by atoms with Gasteiger partial charge in [0.15, 0.2) is 0 Å². The highest BCUT2D eigenvalue weighted by Crippen LogP contribution is 2.56. The van der Waals surface area contributed by atoms with E-state index < -0.39 is 10.8 Å². The summed E-state index contributed by atoms with van der Waals surface area (Å²) in [5.41, 5.74) is -1.18. The molecular formula is C22H26O3. The molecule has 6 atom stereocenters. The Labute approximate surface area is 149 Å². The molecule has 3 nitrogen and oxygen atoms in total. The van der Waals surface area contributed by atoms with Crippen molar-refractivity contribution in [3.63, 3.8) is 0 Å². The van der Waals surface area contributed by atoms with Crippen molar-refractivity contribution < 1.29 is 14.3 Å². The third-order valence-corrected chi connectivity index (χ3v) is 6.93. The fourth-order valence-electron chi connectivity index (χ4n) is 5.62. The Hall–Kier alpha value is -1.90. The first kappa shape index (κ1) is 16.6.